The summed E-state index contributed by atoms with van der Waals surface area (Å²) in [5.41, 5.74) is 4.20. The molecule has 12 atom stereocenters. The van der Waals surface area contributed by atoms with Crippen molar-refractivity contribution in [2.45, 2.75) is 219 Å². The number of hydrogen-bond acceptors (Lipinski definition) is 23. The molecule has 0 saturated carbocycles. The maximum Gasteiger partial charge on any atom is 0.351 e. The van der Waals surface area contributed by atoms with Gasteiger partial charge in [-0.2, -0.15) is 20.2 Å². The van der Waals surface area contributed by atoms with E-state index in [1.54, 1.807) is 0 Å². The van der Waals surface area contributed by atoms with Gasteiger partial charge in [-0.25, -0.2) is 14.4 Å². The summed E-state index contributed by atoms with van der Waals surface area (Å²) < 4.78 is 60.6. The van der Waals surface area contributed by atoms with Gasteiger partial charge in [-0.3, -0.25) is 28.1 Å². The fourth-order valence-corrected chi connectivity index (χ4v) is 16.4. The highest BCUT2D eigenvalue weighted by molar-refractivity contribution is 7.79. The lowest BCUT2D eigenvalue weighted by atomic mass is 9.88. The number of aliphatic hydroxyl groups is 2. The van der Waals surface area contributed by atoms with Crippen molar-refractivity contribution in [2.75, 3.05) is 95.2 Å². The molecule has 0 spiro atoms. The van der Waals surface area contributed by atoms with Gasteiger partial charge in [0, 0.05) is 112 Å². The highest BCUT2D eigenvalue weighted by atomic mass is 35.5. The van der Waals surface area contributed by atoms with Crippen LogP contribution in [0.4, 0.5) is 17.5 Å². The Morgan fingerprint density at radius 3 is 1.19 bits per heavy atom. The largest absolute Gasteiger partial charge is 0.412 e. The number of amides is 3. The number of benzene rings is 3. The number of rotatable bonds is 26. The Morgan fingerprint density at radius 2 is 0.915 bits per heavy atom. The third kappa shape index (κ3) is 32.3. The average Bonchev–Trinajstić information content (AvgIpc) is 1.61. The summed E-state index contributed by atoms with van der Waals surface area (Å²) in [6.45, 7) is 20.0. The van der Waals surface area contributed by atoms with Crippen molar-refractivity contribution < 1.29 is 77.0 Å². The summed E-state index contributed by atoms with van der Waals surface area (Å²) in [5, 5.41) is 45.4. The van der Waals surface area contributed by atoms with E-state index in [4.69, 9.17) is 80.9 Å². The molecule has 5 fully saturated rings. The number of alkyl halides is 3. The van der Waals surface area contributed by atoms with Crippen molar-refractivity contribution in [2.24, 2.45) is 5.11 Å². The third-order valence-electron chi connectivity index (χ3n) is 18.7. The molecule has 0 radical (unpaired) electrons. The van der Waals surface area contributed by atoms with Crippen LogP contribution in [0.25, 0.3) is 10.4 Å². The maximum absolute atomic E-state index is 12.6. The minimum absolute atomic E-state index is 0. The molecule has 5 aliphatic rings. The Bertz CT molecular complexity index is 3960. The molecule has 117 heavy (non-hydrogen) atoms. The highest BCUT2D eigenvalue weighted by Gasteiger charge is 2.58. The van der Waals surface area contributed by atoms with Gasteiger partial charge in [0.05, 0.1) is 41.2 Å². The van der Waals surface area contributed by atoms with Crippen molar-refractivity contribution in [3.05, 3.63) is 170 Å². The first kappa shape index (κ1) is 108. The number of nitrogens with one attached hydrogen (secondary N) is 3. The molecule has 3 aromatic heterocycles. The quantitative estimate of drug-likeness (QED) is 0.00841. The summed E-state index contributed by atoms with van der Waals surface area (Å²) in [6.07, 6.45) is 8.49. The summed E-state index contributed by atoms with van der Waals surface area (Å²) in [4.78, 5) is 84.9. The molecule has 0 aliphatic carbocycles. The Morgan fingerprint density at radius 1 is 0.590 bits per heavy atom. The van der Waals surface area contributed by atoms with E-state index in [0.717, 1.165) is 32.8 Å². The number of anilines is 3. The second kappa shape index (κ2) is 57.8. The number of hydrogen-bond donors (Lipinski definition) is 5. The molecule has 5 aliphatic heterocycles. The first-order valence-corrected chi connectivity index (χ1v) is 42.3. The number of carbonyl (C=O) groups is 3. The van der Waals surface area contributed by atoms with Crippen LogP contribution in [0.15, 0.2) is 147 Å². The minimum atomic E-state index is -1.28. The van der Waals surface area contributed by atoms with E-state index < -0.39 is 105 Å². The van der Waals surface area contributed by atoms with Crippen molar-refractivity contribution in [3.8, 4) is 6.07 Å². The van der Waals surface area contributed by atoms with Crippen molar-refractivity contribution in [1.29, 1.82) is 5.26 Å². The fourth-order valence-electron chi connectivity index (χ4n) is 13.1. The number of carbonyl (C=O) groups excluding carboxylic acids is 3. The van der Waals surface area contributed by atoms with Gasteiger partial charge in [0.2, 0.25) is 17.7 Å². The lowest BCUT2D eigenvalue weighted by Gasteiger charge is -2.34. The van der Waals surface area contributed by atoms with Gasteiger partial charge >= 0.3 is 17.1 Å². The van der Waals surface area contributed by atoms with Gasteiger partial charge in [-0.15, -0.1) is 34.8 Å². The molecule has 11 rings (SSSR count). The molecule has 652 valence electrons. The molecule has 3 amide bonds. The van der Waals surface area contributed by atoms with Crippen LogP contribution in [-0.2, 0) is 61.3 Å². The second-order valence-corrected chi connectivity index (χ2v) is 30.3. The average molecular weight is 1740 g/mol. The first-order chi connectivity index (χ1) is 54.9. The molecule has 0 bridgehead atoms. The molecule has 5 saturated heterocycles. The number of halogens is 3. The molecule has 7 N–H and O–H groups in total. The monoisotopic (exact) mass is 1740 g/mol. The summed E-state index contributed by atoms with van der Waals surface area (Å²) >= 11 is 14.2. The van der Waals surface area contributed by atoms with Crippen LogP contribution in [-0.4, -0.2) is 195 Å². The predicted molar refractivity (Wildman–Crippen MR) is 461 cm³/mol. The molecule has 6 aromatic rings. The van der Waals surface area contributed by atoms with E-state index in [1.165, 1.54) is 141 Å². The van der Waals surface area contributed by atoms with Crippen LogP contribution in [0, 0.1) is 11.3 Å². The lowest BCUT2D eigenvalue weighted by molar-refractivity contribution is -0.115. The Balaban J connectivity index is 0.000000732. The van der Waals surface area contributed by atoms with Crippen molar-refractivity contribution in [3.63, 3.8) is 0 Å². The minimum Gasteiger partial charge on any atom is -0.412 e. The SMILES string of the molecule is C.C.C1CCOC1.C1CCOC1.CCC1(CC)O[C@@H](n2ccc(NC(C)=O)nc2=O)[C@@H](OC)C1OP(C)OCCC#N.CCC[C@]1(CC)O[C@@H](n2ccc(NC(C)=O)nc2=O)[C@@H](OC)C1O.CC[C@@]1(CCN=[N+]=[N-])O[C@@H](n2ccc(NC(C)=O)nc2=O)[C@@H](OC)C1O.CCl.ClCCl.O.c1ccc(P(c2ccccc2)c2ccccc2)cc1. The molecular weight excluding hydrogens is 1620 g/mol. The third-order valence-corrected chi connectivity index (χ3v) is 22.2. The molecule has 37 heteroatoms. The fraction of sp³-hybridized carbons (Fsp3) is 0.575. The number of aromatic nitrogens is 6. The van der Waals surface area contributed by atoms with Crippen LogP contribution in [0.5, 0.6) is 0 Å². The van der Waals surface area contributed by atoms with Gasteiger partial charge in [0.1, 0.15) is 54.1 Å². The Labute approximate surface area is 704 Å². The van der Waals surface area contributed by atoms with E-state index in [2.05, 4.69) is 144 Å². The van der Waals surface area contributed by atoms with Crippen molar-refractivity contribution in [1.82, 2.24) is 28.7 Å². The Hall–Kier alpha value is -7.28. The van der Waals surface area contributed by atoms with Crippen LogP contribution < -0.4 is 48.9 Å². The zero-order valence-corrected chi connectivity index (χ0v) is 71.7. The number of ether oxygens (including phenoxy) is 8. The number of methoxy groups -OCH3 is 3. The second-order valence-electron chi connectivity index (χ2n) is 25.9. The topological polar surface area (TPSA) is 429 Å². The summed E-state index contributed by atoms with van der Waals surface area (Å²) in [6, 6.07) is 38.9. The molecule has 32 nitrogen and oxygen atoms in total. The smallest absolute Gasteiger partial charge is 0.351 e. The molecular formula is C80H122Cl3N13O19P2. The van der Waals surface area contributed by atoms with Crippen LogP contribution in [0.3, 0.4) is 0 Å². The summed E-state index contributed by atoms with van der Waals surface area (Å²) in [7, 11) is 2.70. The van der Waals surface area contributed by atoms with Crippen LogP contribution in [0.1, 0.15) is 166 Å². The zero-order chi connectivity index (χ0) is 84.2. The number of nitriles is 1. The van der Waals surface area contributed by atoms with Crippen LogP contribution >= 0.6 is 51.1 Å². The van der Waals surface area contributed by atoms with Gasteiger partial charge in [0.15, 0.2) is 27.1 Å². The first-order valence-electron chi connectivity index (χ1n) is 37.5. The van der Waals surface area contributed by atoms with Gasteiger partial charge < -0.3 is 78.6 Å². The summed E-state index contributed by atoms with van der Waals surface area (Å²) in [5.74, 6) is -0.509. The lowest BCUT2D eigenvalue weighted by Crippen LogP contribution is -2.44. The number of azide groups is 1. The van der Waals surface area contributed by atoms with Crippen molar-refractivity contribution >= 4 is 102 Å². The highest BCUT2D eigenvalue weighted by Crippen LogP contribution is 2.50. The standard InChI is InChI=1S/C19H29N4O6P.C18H15P.C16H25N3O5.C15H22N6O5.2C4H8O.CH2Cl2.CH3Cl.2CH4.H2O/c1-6-19(7-2)16(29-30(5)27-12-8-10-20)15(26-4)17(28-19)23-11-9-14(21-13(3)24)22-18(23)25;1-4-10-16(11-5-1)19(17-12-6-2-7-13-17)18-14-8-3-9-15-18;1-5-8-16(6-2)13(21)12(23-4)14(24-16)19-9-7-11(17-10(3)20)18-15(19)22;1-4-15(6-7-17-20-16)12(23)11(25-3)13(26-15)21-8-5-10(18-9(2)22)19-14(21)24;2*1-2-4-5-3-1;2-1-3;1-2;;;/h9,11,15-17H,6-8,12H2,1-5H3,(H,21,22,24,25);1-15H;7,9,12-14,21H,5-6,8H2,1-4H3,(H,17,18,20,22);5,8,11-13,23H,4,6-7H2,1-3H3,(H,18,19,22,24);2*1-4H2;1H2;1H3;2*1H4;1H2/t15-,16?,17+,30?;;12-,13?,14+,16-;11-,12?,13+,15-;;;;;;;/m0.00......./s1. The zero-order valence-electron chi connectivity index (χ0n) is 67.7. The van der Waals surface area contributed by atoms with E-state index >= 15 is 0 Å². The molecule has 3 aromatic carbocycles. The van der Waals surface area contributed by atoms with Gasteiger partial charge in [-0.1, -0.05) is 152 Å². The number of nitrogens with zero attached hydrogens (tertiary/aromatic N) is 10. The van der Waals surface area contributed by atoms with E-state index in [9.17, 15) is 39.0 Å². The van der Waals surface area contributed by atoms with E-state index in [1.807, 2.05) is 47.4 Å². The van der Waals surface area contributed by atoms with E-state index in [0.29, 0.717) is 32.1 Å². The maximum atomic E-state index is 12.6. The van der Waals surface area contributed by atoms with E-state index in [-0.39, 0.29) is 86.8 Å². The molecule has 4 unspecified atom stereocenters. The molecule has 8 heterocycles. The Kier molecular flexibility index (Phi) is 53.2. The van der Waals surface area contributed by atoms with Crippen LogP contribution in [0.2, 0.25) is 0 Å². The normalized spacial score (nSPS) is 22.3. The van der Waals surface area contributed by atoms with Gasteiger partial charge in [-0.05, 0) is 112 Å². The number of aliphatic hydroxyl groups excluding tert-OH is 2. The van der Waals surface area contributed by atoms with Gasteiger partial charge in [0.25, 0.3) is 0 Å². The predicted octanol–water partition coefficient (Wildman–Crippen LogP) is 12.3.